The highest BCUT2D eigenvalue weighted by Gasteiger charge is 2.52. The number of pyridine rings is 1. The molecule has 4 aromatic carbocycles. The van der Waals surface area contributed by atoms with Crippen molar-refractivity contribution in [2.45, 2.75) is 44.6 Å². The molecule has 9 rings (SSSR count). The third-order valence-electron chi connectivity index (χ3n) is 10.3. The molecule has 2 aromatic heterocycles. The normalized spacial score (nSPS) is 19.7. The second kappa shape index (κ2) is 9.49. The van der Waals surface area contributed by atoms with Gasteiger partial charge in [0.1, 0.15) is 11.2 Å². The molecule has 4 heterocycles. The number of aliphatic imine (C=N–C) groups is 1. The number of hydrogen-bond acceptors (Lipinski definition) is 2. The van der Waals surface area contributed by atoms with Crippen LogP contribution >= 0.6 is 0 Å². The zero-order valence-electron chi connectivity index (χ0n) is 26.0. The summed E-state index contributed by atoms with van der Waals surface area (Å²) in [5.74, 6) is 0.327. The molecule has 0 fully saturated rings. The van der Waals surface area contributed by atoms with Crippen molar-refractivity contribution in [3.8, 4) is 22.4 Å². The van der Waals surface area contributed by atoms with E-state index in [9.17, 15) is 0 Å². The van der Waals surface area contributed by atoms with E-state index in [1.807, 2.05) is 6.08 Å². The second-order valence-electron chi connectivity index (χ2n) is 13.7. The Kier molecular flexibility index (Phi) is 5.56. The van der Waals surface area contributed by atoms with Crippen LogP contribution in [-0.4, -0.2) is 12.3 Å². The monoisotopic (exact) mass is 583 g/mol. The van der Waals surface area contributed by atoms with Crippen molar-refractivity contribution in [1.29, 1.82) is 0 Å². The van der Waals surface area contributed by atoms with E-state index in [0.29, 0.717) is 12.5 Å². The Morgan fingerprint density at radius 3 is 2.40 bits per heavy atom. The molecule has 0 bridgehead atoms. The van der Waals surface area contributed by atoms with Gasteiger partial charge in [-0.15, -0.1) is 0 Å². The van der Waals surface area contributed by atoms with E-state index in [1.165, 1.54) is 39.1 Å². The standard InChI is InChI=1S/C42H35N2O/c1-5-35-37-26(18-20-32-31-17-11-16-28(40(31)45-41(32)37)25-12-7-6-8-13-25)22-33-34(23-43-35)39-38(33)30-15-10-9-14-29(30)36-21-19-27(24-44(36)39)42(2,3)4/h5-21,24,38-39H,1,22-23H2,2-4H3/q+1/b43-35-. The van der Waals surface area contributed by atoms with Crippen LogP contribution in [0.4, 0.5) is 0 Å². The highest BCUT2D eigenvalue weighted by Crippen LogP contribution is 2.55. The fourth-order valence-electron chi connectivity index (χ4n) is 8.01. The quantitative estimate of drug-likeness (QED) is 0.147. The minimum Gasteiger partial charge on any atom is -0.455 e. The van der Waals surface area contributed by atoms with Crippen LogP contribution in [0.15, 0.2) is 136 Å². The first-order valence-corrected chi connectivity index (χ1v) is 16.0. The summed E-state index contributed by atoms with van der Waals surface area (Å²) in [6.45, 7) is 11.8. The average molecular weight is 584 g/mol. The summed E-state index contributed by atoms with van der Waals surface area (Å²) in [6.07, 6.45) is 5.19. The molecule has 3 aliphatic rings. The predicted octanol–water partition coefficient (Wildman–Crippen LogP) is 9.68. The summed E-state index contributed by atoms with van der Waals surface area (Å²) < 4.78 is 9.40. The molecule has 2 aliphatic heterocycles. The van der Waals surface area contributed by atoms with Crippen molar-refractivity contribution in [2.75, 3.05) is 6.54 Å². The van der Waals surface area contributed by atoms with Crippen LogP contribution in [0.25, 0.3) is 44.3 Å². The molecule has 3 nitrogen and oxygen atoms in total. The fraction of sp³-hybridized carbons (Fsp3) is 0.190. The molecule has 2 unspecified atom stereocenters. The molecule has 6 aromatic rings. The lowest BCUT2D eigenvalue weighted by Gasteiger charge is -2.43. The molecule has 2 atom stereocenters. The van der Waals surface area contributed by atoms with E-state index >= 15 is 0 Å². The summed E-state index contributed by atoms with van der Waals surface area (Å²) in [5.41, 5.74) is 15.8. The van der Waals surface area contributed by atoms with E-state index in [-0.39, 0.29) is 11.5 Å². The molecular formula is C42H35N2O+. The number of furan rings is 1. The smallest absolute Gasteiger partial charge is 0.213 e. The first-order chi connectivity index (χ1) is 21.9. The number of allylic oxidation sites excluding steroid dienone is 2. The molecule has 3 heteroatoms. The van der Waals surface area contributed by atoms with Crippen molar-refractivity contribution < 1.29 is 8.98 Å². The number of nitrogens with zero attached hydrogens (tertiary/aromatic N) is 2. The first kappa shape index (κ1) is 26.4. The average Bonchev–Trinajstić information content (AvgIpc) is 3.43. The molecule has 0 radical (unpaired) electrons. The number of fused-ring (bicyclic) bond motifs is 13. The van der Waals surface area contributed by atoms with Crippen molar-refractivity contribution >= 4 is 27.7 Å². The van der Waals surface area contributed by atoms with Gasteiger partial charge in [-0.1, -0.05) is 106 Å². The molecule has 218 valence electrons. The van der Waals surface area contributed by atoms with Crippen LogP contribution in [0.2, 0.25) is 0 Å². The summed E-state index contributed by atoms with van der Waals surface area (Å²) in [7, 11) is 0. The molecule has 0 N–H and O–H groups in total. The van der Waals surface area contributed by atoms with E-state index < -0.39 is 0 Å². The summed E-state index contributed by atoms with van der Waals surface area (Å²) in [6, 6.07) is 35.4. The maximum absolute atomic E-state index is 6.85. The predicted molar refractivity (Wildman–Crippen MR) is 184 cm³/mol. The molecule has 1 aliphatic carbocycles. The number of hydrogen-bond donors (Lipinski definition) is 0. The molecule has 0 spiro atoms. The van der Waals surface area contributed by atoms with Gasteiger partial charge in [-0.05, 0) is 52.3 Å². The van der Waals surface area contributed by atoms with Gasteiger partial charge in [-0.25, -0.2) is 0 Å². The molecule has 0 saturated heterocycles. The lowest BCUT2D eigenvalue weighted by Crippen LogP contribution is -2.55. The highest BCUT2D eigenvalue weighted by molar-refractivity contribution is 6.21. The SMILES string of the molecule is C=C/C1=N/CC2=C(Cc3ccc4c(oc5c(-c6ccccc6)cccc54)c31)C1c3ccccc3-c3ccc(C(C)(C)C)c[n+]3C21. The zero-order chi connectivity index (χ0) is 30.4. The van der Waals surface area contributed by atoms with Gasteiger partial charge in [-0.2, -0.15) is 4.57 Å². The van der Waals surface area contributed by atoms with E-state index in [2.05, 4.69) is 135 Å². The van der Waals surface area contributed by atoms with Crippen molar-refractivity contribution in [3.63, 3.8) is 0 Å². The Bertz CT molecular complexity index is 2280. The van der Waals surface area contributed by atoms with Gasteiger partial charge < -0.3 is 4.42 Å². The van der Waals surface area contributed by atoms with Gasteiger partial charge in [0.05, 0.1) is 23.7 Å². The van der Waals surface area contributed by atoms with Crippen LogP contribution < -0.4 is 4.57 Å². The van der Waals surface area contributed by atoms with Crippen molar-refractivity contribution in [3.05, 3.63) is 149 Å². The van der Waals surface area contributed by atoms with Gasteiger partial charge >= 0.3 is 0 Å². The van der Waals surface area contributed by atoms with Gasteiger partial charge in [-0.3, -0.25) is 4.99 Å². The Morgan fingerprint density at radius 1 is 0.800 bits per heavy atom. The third-order valence-corrected chi connectivity index (χ3v) is 10.3. The van der Waals surface area contributed by atoms with E-state index in [1.54, 1.807) is 0 Å². The Labute approximate surface area is 263 Å². The zero-order valence-corrected chi connectivity index (χ0v) is 26.0. The largest absolute Gasteiger partial charge is 0.455 e. The lowest BCUT2D eigenvalue weighted by atomic mass is 9.63. The van der Waals surface area contributed by atoms with Gasteiger partial charge in [0.15, 0.2) is 12.2 Å². The number of rotatable bonds is 2. The third kappa shape index (κ3) is 3.77. The van der Waals surface area contributed by atoms with Crippen LogP contribution in [0.5, 0.6) is 0 Å². The van der Waals surface area contributed by atoms with Crippen molar-refractivity contribution in [2.24, 2.45) is 4.99 Å². The first-order valence-electron chi connectivity index (χ1n) is 16.0. The second-order valence-corrected chi connectivity index (χ2v) is 13.7. The van der Waals surface area contributed by atoms with Gasteiger partial charge in [0.2, 0.25) is 5.69 Å². The van der Waals surface area contributed by atoms with E-state index in [0.717, 1.165) is 50.8 Å². The van der Waals surface area contributed by atoms with Crippen LogP contribution in [0.1, 0.15) is 55.0 Å². The summed E-state index contributed by atoms with van der Waals surface area (Å²) >= 11 is 0. The van der Waals surface area contributed by atoms with Gasteiger partial charge in [0.25, 0.3) is 0 Å². The molecular weight excluding hydrogens is 548 g/mol. The minimum atomic E-state index is 0.0712. The number of aromatic nitrogens is 1. The fourth-order valence-corrected chi connectivity index (χ4v) is 8.01. The minimum absolute atomic E-state index is 0.0712. The Balaban J connectivity index is 1.24. The number of benzene rings is 4. The summed E-state index contributed by atoms with van der Waals surface area (Å²) in [5, 5.41) is 2.26. The van der Waals surface area contributed by atoms with Crippen molar-refractivity contribution in [1.82, 2.24) is 0 Å². The van der Waals surface area contributed by atoms with Crippen LogP contribution in [0, 0.1) is 0 Å². The number of para-hydroxylation sites is 1. The molecule has 0 amide bonds. The topological polar surface area (TPSA) is 29.4 Å². The highest BCUT2D eigenvalue weighted by atomic mass is 16.3. The van der Waals surface area contributed by atoms with Gasteiger partial charge in [0, 0.05) is 39.1 Å². The maximum atomic E-state index is 6.85. The van der Waals surface area contributed by atoms with E-state index in [4.69, 9.17) is 9.41 Å². The molecule has 0 saturated carbocycles. The lowest BCUT2D eigenvalue weighted by molar-refractivity contribution is -0.712. The Morgan fingerprint density at radius 2 is 1.58 bits per heavy atom. The maximum Gasteiger partial charge on any atom is 0.213 e. The Hall–Kier alpha value is -5.02. The summed E-state index contributed by atoms with van der Waals surface area (Å²) in [4.78, 5) is 5.29. The molecule has 45 heavy (non-hydrogen) atoms. The van der Waals surface area contributed by atoms with Crippen LogP contribution in [0.3, 0.4) is 0 Å². The van der Waals surface area contributed by atoms with Crippen LogP contribution in [-0.2, 0) is 11.8 Å².